The Kier molecular flexibility index (Phi) is 4.31. The zero-order valence-electron chi connectivity index (χ0n) is 11.9. The highest BCUT2D eigenvalue weighted by atomic mass is 32.1. The molecule has 1 aliphatic rings. The van der Waals surface area contributed by atoms with Crippen molar-refractivity contribution in [2.75, 3.05) is 13.2 Å². The van der Waals surface area contributed by atoms with Gasteiger partial charge in [0.2, 0.25) is 0 Å². The van der Waals surface area contributed by atoms with Gasteiger partial charge in [-0.05, 0) is 32.4 Å². The van der Waals surface area contributed by atoms with Gasteiger partial charge < -0.3 is 4.74 Å². The maximum atomic E-state index is 11.7. The van der Waals surface area contributed by atoms with Gasteiger partial charge in [0.25, 0.3) is 0 Å². The minimum atomic E-state index is -0.335. The summed E-state index contributed by atoms with van der Waals surface area (Å²) < 4.78 is 4.99. The van der Waals surface area contributed by atoms with Crippen LogP contribution in [0.4, 0.5) is 0 Å². The van der Waals surface area contributed by atoms with Crippen molar-refractivity contribution in [3.63, 3.8) is 0 Å². The molecule has 0 amide bonds. The minimum Gasteiger partial charge on any atom is -0.461 e. The molecule has 2 aromatic heterocycles. The third-order valence-corrected chi connectivity index (χ3v) is 4.53. The van der Waals surface area contributed by atoms with Crippen LogP contribution in [0.2, 0.25) is 0 Å². The van der Waals surface area contributed by atoms with Gasteiger partial charge in [-0.25, -0.2) is 9.78 Å². The van der Waals surface area contributed by atoms with Crippen molar-refractivity contribution in [3.8, 4) is 0 Å². The Balaban J connectivity index is 1.71. The van der Waals surface area contributed by atoms with Crippen LogP contribution >= 0.6 is 11.3 Å². The molecule has 3 heterocycles. The van der Waals surface area contributed by atoms with E-state index in [9.17, 15) is 4.79 Å². The van der Waals surface area contributed by atoms with Gasteiger partial charge in [0.1, 0.15) is 5.01 Å². The summed E-state index contributed by atoms with van der Waals surface area (Å²) in [6, 6.07) is 2.27. The average molecular weight is 306 g/mol. The fourth-order valence-electron chi connectivity index (χ4n) is 2.63. The van der Waals surface area contributed by atoms with Gasteiger partial charge in [0.15, 0.2) is 5.69 Å². The number of esters is 1. The molecule has 1 aliphatic heterocycles. The van der Waals surface area contributed by atoms with E-state index in [1.165, 1.54) is 11.3 Å². The number of aromatic amines is 1. The molecule has 7 heteroatoms. The number of thiazole rings is 1. The molecule has 21 heavy (non-hydrogen) atoms. The lowest BCUT2D eigenvalue weighted by atomic mass is 10.2. The standard InChI is InChI=1S/C14H18N4O2S/c1-2-20-14(19)11-9-21-13(16-11)12-4-3-7-18(12)8-10-5-6-15-17-10/h5-6,9,12H,2-4,7-8H2,1H3,(H,15,17)/t12-/m1/s1. The molecule has 1 N–H and O–H groups in total. The lowest BCUT2D eigenvalue weighted by molar-refractivity contribution is 0.0520. The number of aromatic nitrogens is 3. The maximum absolute atomic E-state index is 11.7. The van der Waals surface area contributed by atoms with Gasteiger partial charge in [-0.2, -0.15) is 5.10 Å². The number of carbonyl (C=O) groups excluding carboxylic acids is 1. The van der Waals surface area contributed by atoms with Crippen molar-refractivity contribution < 1.29 is 9.53 Å². The summed E-state index contributed by atoms with van der Waals surface area (Å²) in [6.45, 7) is 4.05. The largest absolute Gasteiger partial charge is 0.461 e. The second kappa shape index (κ2) is 6.36. The molecule has 0 aromatic carbocycles. The van der Waals surface area contributed by atoms with Crippen molar-refractivity contribution in [2.24, 2.45) is 0 Å². The van der Waals surface area contributed by atoms with E-state index in [2.05, 4.69) is 20.1 Å². The first-order valence-corrected chi connectivity index (χ1v) is 8.00. The number of hydrogen-bond donors (Lipinski definition) is 1. The summed E-state index contributed by atoms with van der Waals surface area (Å²) in [5.41, 5.74) is 1.52. The third kappa shape index (κ3) is 3.14. The second-order valence-electron chi connectivity index (χ2n) is 5.00. The summed E-state index contributed by atoms with van der Waals surface area (Å²) in [6.07, 6.45) is 3.99. The van der Waals surface area contributed by atoms with Crippen molar-refractivity contribution in [1.29, 1.82) is 0 Å². The third-order valence-electron chi connectivity index (χ3n) is 3.59. The summed E-state index contributed by atoms with van der Waals surface area (Å²) in [5, 5.41) is 9.76. The van der Waals surface area contributed by atoms with Crippen molar-refractivity contribution in [2.45, 2.75) is 32.4 Å². The molecule has 0 unspecified atom stereocenters. The summed E-state index contributed by atoms with van der Waals surface area (Å²) in [5.74, 6) is -0.335. The van der Waals surface area contributed by atoms with Crippen LogP contribution in [-0.2, 0) is 11.3 Å². The molecule has 0 aliphatic carbocycles. The summed E-state index contributed by atoms with van der Waals surface area (Å²) >= 11 is 1.54. The predicted molar refractivity (Wildman–Crippen MR) is 79.0 cm³/mol. The topological polar surface area (TPSA) is 71.1 Å². The number of rotatable bonds is 5. The number of ether oxygens (including phenoxy) is 1. The van der Waals surface area contributed by atoms with Gasteiger partial charge in [-0.3, -0.25) is 10.00 Å². The molecule has 112 valence electrons. The quantitative estimate of drug-likeness (QED) is 0.859. The highest BCUT2D eigenvalue weighted by Gasteiger charge is 2.29. The Morgan fingerprint density at radius 3 is 3.29 bits per heavy atom. The smallest absolute Gasteiger partial charge is 0.357 e. The number of nitrogens with zero attached hydrogens (tertiary/aromatic N) is 3. The number of carbonyl (C=O) groups is 1. The number of hydrogen-bond acceptors (Lipinski definition) is 6. The van der Waals surface area contributed by atoms with Crippen LogP contribution in [0.1, 0.15) is 47.0 Å². The fraction of sp³-hybridized carbons (Fsp3) is 0.500. The normalized spacial score (nSPS) is 19.0. The average Bonchev–Trinajstić information content (AvgIpc) is 3.20. The lowest BCUT2D eigenvalue weighted by Crippen LogP contribution is -2.23. The van der Waals surface area contributed by atoms with Crippen LogP contribution < -0.4 is 0 Å². The van der Waals surface area contributed by atoms with Gasteiger partial charge in [-0.1, -0.05) is 0 Å². The van der Waals surface area contributed by atoms with Crippen LogP contribution in [0.15, 0.2) is 17.6 Å². The van der Waals surface area contributed by atoms with Gasteiger partial charge >= 0.3 is 5.97 Å². The van der Waals surface area contributed by atoms with Crippen LogP contribution in [0.3, 0.4) is 0 Å². The second-order valence-corrected chi connectivity index (χ2v) is 5.89. The highest BCUT2D eigenvalue weighted by molar-refractivity contribution is 7.09. The first kappa shape index (κ1) is 14.2. The molecule has 6 nitrogen and oxygen atoms in total. The maximum Gasteiger partial charge on any atom is 0.357 e. The fourth-order valence-corrected chi connectivity index (χ4v) is 3.58. The lowest BCUT2D eigenvalue weighted by Gasteiger charge is -2.21. The highest BCUT2D eigenvalue weighted by Crippen LogP contribution is 2.34. The van der Waals surface area contributed by atoms with E-state index >= 15 is 0 Å². The monoisotopic (exact) mass is 306 g/mol. The van der Waals surface area contributed by atoms with Crippen molar-refractivity contribution in [1.82, 2.24) is 20.1 Å². The molecule has 0 radical (unpaired) electrons. The molecule has 1 fully saturated rings. The van der Waals surface area contributed by atoms with Gasteiger partial charge in [0.05, 0.1) is 12.6 Å². The zero-order chi connectivity index (χ0) is 14.7. The Hall–Kier alpha value is -1.73. The van der Waals surface area contributed by atoms with E-state index < -0.39 is 0 Å². The van der Waals surface area contributed by atoms with E-state index in [0.29, 0.717) is 12.3 Å². The molecule has 2 aromatic rings. The molecule has 0 saturated carbocycles. The Labute approximate surface area is 127 Å². The minimum absolute atomic E-state index is 0.279. The molecule has 0 bridgehead atoms. The predicted octanol–water partition coefficient (Wildman–Crippen LogP) is 2.38. The molecule has 1 saturated heterocycles. The SMILES string of the molecule is CCOC(=O)c1csc([C@H]2CCCN2Cc2ccn[nH]2)n1. The van der Waals surface area contributed by atoms with E-state index in [4.69, 9.17) is 4.74 Å². The van der Waals surface area contributed by atoms with E-state index in [1.54, 1.807) is 18.5 Å². The van der Waals surface area contributed by atoms with Crippen LogP contribution in [-0.4, -0.2) is 39.2 Å². The van der Waals surface area contributed by atoms with E-state index in [0.717, 1.165) is 36.6 Å². The first-order valence-electron chi connectivity index (χ1n) is 7.12. The van der Waals surface area contributed by atoms with Gasteiger partial charge in [-0.15, -0.1) is 11.3 Å². The van der Waals surface area contributed by atoms with Crippen LogP contribution in [0.5, 0.6) is 0 Å². The van der Waals surface area contributed by atoms with E-state index in [-0.39, 0.29) is 12.0 Å². The van der Waals surface area contributed by atoms with Crippen LogP contribution in [0, 0.1) is 0 Å². The first-order chi connectivity index (χ1) is 10.3. The molecule has 3 rings (SSSR count). The Morgan fingerprint density at radius 2 is 2.52 bits per heavy atom. The molecular weight excluding hydrogens is 288 g/mol. The van der Waals surface area contributed by atoms with Gasteiger partial charge in [0, 0.05) is 23.8 Å². The van der Waals surface area contributed by atoms with Crippen molar-refractivity contribution >= 4 is 17.3 Å². The van der Waals surface area contributed by atoms with E-state index in [1.807, 2.05) is 6.07 Å². The Bertz CT molecular complexity index is 596. The zero-order valence-corrected chi connectivity index (χ0v) is 12.7. The van der Waals surface area contributed by atoms with Crippen LogP contribution in [0.25, 0.3) is 0 Å². The Morgan fingerprint density at radius 1 is 1.62 bits per heavy atom. The number of likely N-dealkylation sites (tertiary alicyclic amines) is 1. The molecule has 0 spiro atoms. The summed E-state index contributed by atoms with van der Waals surface area (Å²) in [4.78, 5) is 18.5. The number of nitrogens with one attached hydrogen (secondary N) is 1. The molecular formula is C14H18N4O2S. The number of H-pyrrole nitrogens is 1. The molecule has 1 atom stereocenters. The summed E-state index contributed by atoms with van der Waals surface area (Å²) in [7, 11) is 0. The van der Waals surface area contributed by atoms with Crippen molar-refractivity contribution in [3.05, 3.63) is 34.0 Å².